The highest BCUT2D eigenvalue weighted by Gasteiger charge is 2.15. The molecule has 0 radical (unpaired) electrons. The number of rotatable bonds is 8. The summed E-state index contributed by atoms with van der Waals surface area (Å²) >= 11 is 1.41. The molecule has 1 rings (SSSR count). The van der Waals surface area contributed by atoms with E-state index in [1.54, 1.807) is 6.07 Å². The molecule has 0 bridgehead atoms. The van der Waals surface area contributed by atoms with Crippen molar-refractivity contribution in [1.82, 2.24) is 4.72 Å². The van der Waals surface area contributed by atoms with Crippen molar-refractivity contribution in [3.63, 3.8) is 0 Å². The van der Waals surface area contributed by atoms with Crippen LogP contribution in [0.5, 0.6) is 0 Å². The summed E-state index contributed by atoms with van der Waals surface area (Å²) in [6.45, 7) is 3.73. The molecule has 0 aliphatic carbocycles. The smallest absolute Gasteiger partial charge is 0.212 e. The number of aliphatic hydroxyl groups is 1. The van der Waals surface area contributed by atoms with E-state index in [1.807, 2.05) is 32.0 Å². The molecule has 1 aromatic rings. The SMILES string of the molecule is CC(C)C(O)CNS(=O)(=O)CCSc1ccccc1N. The molecule has 0 aliphatic heterocycles. The lowest BCUT2D eigenvalue weighted by Crippen LogP contribution is -2.36. The molecule has 0 heterocycles. The summed E-state index contributed by atoms with van der Waals surface area (Å²) in [6, 6.07) is 7.35. The van der Waals surface area contributed by atoms with Gasteiger partial charge in [0.1, 0.15) is 0 Å². The molecule has 20 heavy (non-hydrogen) atoms. The normalized spacial score (nSPS) is 13.6. The van der Waals surface area contributed by atoms with E-state index in [4.69, 9.17) is 5.73 Å². The van der Waals surface area contributed by atoms with Crippen molar-refractivity contribution in [2.45, 2.75) is 24.8 Å². The summed E-state index contributed by atoms with van der Waals surface area (Å²) in [5, 5.41) is 9.58. The molecule has 0 amide bonds. The summed E-state index contributed by atoms with van der Waals surface area (Å²) in [5.41, 5.74) is 6.43. The van der Waals surface area contributed by atoms with Crippen molar-refractivity contribution >= 4 is 27.5 Å². The Morgan fingerprint density at radius 3 is 2.60 bits per heavy atom. The Balaban J connectivity index is 2.39. The second-order valence-corrected chi connectivity index (χ2v) is 7.93. The van der Waals surface area contributed by atoms with Gasteiger partial charge in [0.15, 0.2) is 0 Å². The fourth-order valence-corrected chi connectivity index (χ4v) is 3.80. The van der Waals surface area contributed by atoms with Gasteiger partial charge in [-0.3, -0.25) is 0 Å². The standard InChI is InChI=1S/C13H22N2O3S2/c1-10(2)12(16)9-15-20(17,18)8-7-19-13-6-4-3-5-11(13)14/h3-6,10,12,15-16H,7-9,14H2,1-2H3. The van der Waals surface area contributed by atoms with Crippen molar-refractivity contribution in [2.75, 3.05) is 23.8 Å². The average Bonchev–Trinajstić information content (AvgIpc) is 2.38. The van der Waals surface area contributed by atoms with Crippen LogP contribution in [0.4, 0.5) is 5.69 Å². The number of hydrogen-bond donors (Lipinski definition) is 3. The predicted octanol–water partition coefficient (Wildman–Crippen LogP) is 1.30. The fourth-order valence-electron chi connectivity index (χ4n) is 1.39. The van der Waals surface area contributed by atoms with Crippen LogP contribution in [0.2, 0.25) is 0 Å². The summed E-state index contributed by atoms with van der Waals surface area (Å²) < 4.78 is 26.0. The maximum atomic E-state index is 11.8. The Bertz CT molecular complexity index is 518. The van der Waals surface area contributed by atoms with Gasteiger partial charge in [0.2, 0.25) is 10.0 Å². The van der Waals surface area contributed by atoms with E-state index >= 15 is 0 Å². The zero-order valence-corrected chi connectivity index (χ0v) is 13.4. The van der Waals surface area contributed by atoms with Gasteiger partial charge in [0.25, 0.3) is 0 Å². The molecule has 114 valence electrons. The van der Waals surface area contributed by atoms with Crippen molar-refractivity contribution in [1.29, 1.82) is 0 Å². The molecule has 4 N–H and O–H groups in total. The zero-order valence-electron chi connectivity index (χ0n) is 11.7. The highest BCUT2D eigenvalue weighted by Crippen LogP contribution is 2.24. The van der Waals surface area contributed by atoms with Crippen LogP contribution in [0.25, 0.3) is 0 Å². The third-order valence-corrected chi connectivity index (χ3v) is 5.51. The highest BCUT2D eigenvalue weighted by molar-refractivity contribution is 8.00. The van der Waals surface area contributed by atoms with Crippen molar-refractivity contribution in [2.24, 2.45) is 5.92 Å². The number of anilines is 1. The van der Waals surface area contributed by atoms with Crippen LogP contribution in [0, 0.1) is 5.92 Å². The highest BCUT2D eigenvalue weighted by atomic mass is 32.2. The number of aliphatic hydroxyl groups excluding tert-OH is 1. The number of nitrogens with one attached hydrogen (secondary N) is 1. The van der Waals surface area contributed by atoms with Gasteiger partial charge in [-0.25, -0.2) is 13.1 Å². The first-order chi connectivity index (χ1) is 9.32. The molecular formula is C13H22N2O3S2. The van der Waals surface area contributed by atoms with E-state index in [0.717, 1.165) is 4.90 Å². The number of hydrogen-bond acceptors (Lipinski definition) is 5. The Labute approximate surface area is 125 Å². The van der Waals surface area contributed by atoms with Crippen LogP contribution >= 0.6 is 11.8 Å². The van der Waals surface area contributed by atoms with Crippen LogP contribution in [-0.2, 0) is 10.0 Å². The number of nitrogen functional groups attached to an aromatic ring is 1. The predicted molar refractivity (Wildman–Crippen MR) is 84.2 cm³/mol. The van der Waals surface area contributed by atoms with Gasteiger partial charge >= 0.3 is 0 Å². The zero-order chi connectivity index (χ0) is 15.2. The molecule has 1 aromatic carbocycles. The van der Waals surface area contributed by atoms with Crippen molar-refractivity contribution in [3.8, 4) is 0 Å². The van der Waals surface area contributed by atoms with Crippen LogP contribution < -0.4 is 10.5 Å². The summed E-state index contributed by atoms with van der Waals surface area (Å²) in [6.07, 6.45) is -0.665. The minimum atomic E-state index is -3.36. The number of para-hydroxylation sites is 1. The molecule has 5 nitrogen and oxygen atoms in total. The third kappa shape index (κ3) is 6.13. The summed E-state index contributed by atoms with van der Waals surface area (Å²) in [7, 11) is -3.36. The molecule has 0 fully saturated rings. The Hall–Kier alpha value is -0.760. The van der Waals surface area contributed by atoms with Gasteiger partial charge in [-0.15, -0.1) is 11.8 Å². The average molecular weight is 318 g/mol. The number of thioether (sulfide) groups is 1. The molecule has 1 unspecified atom stereocenters. The topological polar surface area (TPSA) is 92.4 Å². The maximum Gasteiger partial charge on any atom is 0.212 e. The van der Waals surface area contributed by atoms with E-state index in [0.29, 0.717) is 11.4 Å². The second-order valence-electron chi connectivity index (χ2n) is 4.86. The molecule has 0 saturated heterocycles. The summed E-state index contributed by atoms with van der Waals surface area (Å²) in [4.78, 5) is 0.880. The van der Waals surface area contributed by atoms with E-state index in [9.17, 15) is 13.5 Å². The number of nitrogens with two attached hydrogens (primary N) is 1. The van der Waals surface area contributed by atoms with Crippen LogP contribution in [0.1, 0.15) is 13.8 Å². The molecule has 0 aromatic heterocycles. The summed E-state index contributed by atoms with van der Waals surface area (Å²) in [5.74, 6) is 0.439. The Kier molecular flexibility index (Phi) is 6.81. The molecular weight excluding hydrogens is 296 g/mol. The first kappa shape index (κ1) is 17.3. The molecule has 0 saturated carbocycles. The van der Waals surface area contributed by atoms with E-state index in [2.05, 4.69) is 4.72 Å². The lowest BCUT2D eigenvalue weighted by atomic mass is 10.1. The number of sulfonamides is 1. The van der Waals surface area contributed by atoms with Crippen LogP contribution in [0.3, 0.4) is 0 Å². The van der Waals surface area contributed by atoms with E-state index < -0.39 is 16.1 Å². The van der Waals surface area contributed by atoms with Crippen molar-refractivity contribution in [3.05, 3.63) is 24.3 Å². The van der Waals surface area contributed by atoms with Crippen molar-refractivity contribution < 1.29 is 13.5 Å². The molecule has 7 heteroatoms. The minimum Gasteiger partial charge on any atom is -0.398 e. The van der Waals surface area contributed by atoms with Gasteiger partial charge in [-0.1, -0.05) is 26.0 Å². The quantitative estimate of drug-likeness (QED) is 0.496. The third-order valence-electron chi connectivity index (χ3n) is 2.81. The second kappa shape index (κ2) is 7.87. The first-order valence-electron chi connectivity index (χ1n) is 6.44. The Morgan fingerprint density at radius 1 is 1.35 bits per heavy atom. The van der Waals surface area contributed by atoms with Gasteiger partial charge in [-0.05, 0) is 18.1 Å². The molecule has 0 spiro atoms. The first-order valence-corrected chi connectivity index (χ1v) is 9.08. The van der Waals surface area contributed by atoms with Crippen LogP contribution in [-0.4, -0.2) is 37.7 Å². The monoisotopic (exact) mass is 318 g/mol. The van der Waals surface area contributed by atoms with Crippen LogP contribution in [0.15, 0.2) is 29.2 Å². The van der Waals surface area contributed by atoms with E-state index in [1.165, 1.54) is 11.8 Å². The van der Waals surface area contributed by atoms with E-state index in [-0.39, 0.29) is 18.2 Å². The largest absolute Gasteiger partial charge is 0.398 e. The van der Waals surface area contributed by atoms with Gasteiger partial charge < -0.3 is 10.8 Å². The number of benzene rings is 1. The molecule has 1 atom stereocenters. The lowest BCUT2D eigenvalue weighted by molar-refractivity contribution is 0.129. The van der Waals surface area contributed by atoms with Gasteiger partial charge in [0, 0.05) is 22.9 Å². The maximum absolute atomic E-state index is 11.8. The fraction of sp³-hybridized carbons (Fsp3) is 0.538. The lowest BCUT2D eigenvalue weighted by Gasteiger charge is -2.15. The molecule has 0 aliphatic rings. The minimum absolute atomic E-state index is 0.00316. The van der Waals surface area contributed by atoms with Gasteiger partial charge in [0.05, 0.1) is 11.9 Å². The Morgan fingerprint density at radius 2 is 2.00 bits per heavy atom. The van der Waals surface area contributed by atoms with Gasteiger partial charge in [-0.2, -0.15) is 0 Å².